The maximum atomic E-state index is 13.1. The smallest absolute Gasteiger partial charge is 0.124 e. The van der Waals surface area contributed by atoms with Gasteiger partial charge in [-0.1, -0.05) is 37.9 Å². The molecule has 0 bridgehead atoms. The highest BCUT2D eigenvalue weighted by molar-refractivity contribution is 9.10. The lowest BCUT2D eigenvalue weighted by atomic mass is 10.0. The van der Waals surface area contributed by atoms with Gasteiger partial charge in [-0.25, -0.2) is 4.39 Å². The molecule has 106 valence electrons. The van der Waals surface area contributed by atoms with Crippen molar-refractivity contribution in [1.29, 1.82) is 0 Å². The summed E-state index contributed by atoms with van der Waals surface area (Å²) in [5.41, 5.74) is 1.53. The highest BCUT2D eigenvalue weighted by Crippen LogP contribution is 2.31. The molecule has 0 spiro atoms. The molecule has 5 heteroatoms. The second-order valence-corrected chi connectivity index (χ2v) is 6.11. The van der Waals surface area contributed by atoms with E-state index in [1.54, 1.807) is 13.2 Å². The lowest BCUT2D eigenvalue weighted by Gasteiger charge is -2.15. The predicted octanol–water partition coefficient (Wildman–Crippen LogP) is 4.64. The first-order valence-electron chi connectivity index (χ1n) is 5.96. The Balaban J connectivity index is 2.27. The van der Waals surface area contributed by atoms with Crippen LogP contribution in [-0.2, 0) is 6.42 Å². The minimum absolute atomic E-state index is 0.340. The van der Waals surface area contributed by atoms with E-state index in [1.165, 1.54) is 12.1 Å². The summed E-state index contributed by atoms with van der Waals surface area (Å²) in [6.45, 7) is 0. The van der Waals surface area contributed by atoms with E-state index in [2.05, 4.69) is 31.9 Å². The van der Waals surface area contributed by atoms with Crippen LogP contribution >= 0.6 is 31.9 Å². The molecule has 0 aromatic heterocycles. The standard InChI is InChI=1S/C15H13Br2FO2/c1-20-15-5-2-10(16)6-9(15)7-14(19)12-4-3-11(18)8-13(12)17/h2-6,8,14,19H,7H2,1H3. The van der Waals surface area contributed by atoms with Crippen molar-refractivity contribution in [3.63, 3.8) is 0 Å². The third kappa shape index (κ3) is 3.59. The minimum atomic E-state index is -0.742. The molecule has 0 saturated heterocycles. The second kappa shape index (κ2) is 6.70. The van der Waals surface area contributed by atoms with Gasteiger partial charge in [-0.15, -0.1) is 0 Å². The van der Waals surface area contributed by atoms with E-state index in [9.17, 15) is 9.50 Å². The van der Waals surface area contributed by atoms with Gasteiger partial charge in [0.2, 0.25) is 0 Å². The molecule has 2 rings (SSSR count). The molecule has 0 aliphatic carbocycles. The molecule has 2 nitrogen and oxygen atoms in total. The van der Waals surface area contributed by atoms with Crippen LogP contribution in [0.25, 0.3) is 0 Å². The minimum Gasteiger partial charge on any atom is -0.496 e. The fourth-order valence-corrected chi connectivity index (χ4v) is 3.02. The molecule has 0 amide bonds. The normalized spacial score (nSPS) is 12.2. The molecular weight excluding hydrogens is 391 g/mol. The van der Waals surface area contributed by atoms with E-state index >= 15 is 0 Å². The number of aliphatic hydroxyl groups excluding tert-OH is 1. The molecule has 0 radical (unpaired) electrons. The summed E-state index contributed by atoms with van der Waals surface area (Å²) in [7, 11) is 1.59. The van der Waals surface area contributed by atoms with Gasteiger partial charge in [0, 0.05) is 15.4 Å². The fraction of sp³-hybridized carbons (Fsp3) is 0.200. The first-order chi connectivity index (χ1) is 9.51. The zero-order valence-corrected chi connectivity index (χ0v) is 13.9. The lowest BCUT2D eigenvalue weighted by Crippen LogP contribution is -2.04. The molecule has 2 aromatic carbocycles. The Labute approximate surface area is 133 Å². The lowest BCUT2D eigenvalue weighted by molar-refractivity contribution is 0.176. The molecule has 0 aliphatic heterocycles. The third-order valence-corrected chi connectivity index (χ3v) is 4.16. The van der Waals surface area contributed by atoms with Gasteiger partial charge in [-0.05, 0) is 41.5 Å². The number of rotatable bonds is 4. The number of benzene rings is 2. The van der Waals surface area contributed by atoms with Crippen LogP contribution < -0.4 is 4.74 Å². The van der Waals surface area contributed by atoms with Crippen molar-refractivity contribution in [3.8, 4) is 5.75 Å². The van der Waals surface area contributed by atoms with Crippen molar-refractivity contribution in [2.24, 2.45) is 0 Å². The highest BCUT2D eigenvalue weighted by Gasteiger charge is 2.15. The van der Waals surface area contributed by atoms with E-state index in [-0.39, 0.29) is 5.82 Å². The van der Waals surface area contributed by atoms with Gasteiger partial charge in [0.25, 0.3) is 0 Å². The van der Waals surface area contributed by atoms with Crippen LogP contribution in [0.2, 0.25) is 0 Å². The Morgan fingerprint density at radius 1 is 1.20 bits per heavy atom. The van der Waals surface area contributed by atoms with Crippen LogP contribution in [0.1, 0.15) is 17.2 Å². The summed E-state index contributed by atoms with van der Waals surface area (Å²) in [5.74, 6) is 0.373. The number of methoxy groups -OCH3 is 1. The van der Waals surface area contributed by atoms with Crippen molar-refractivity contribution in [3.05, 3.63) is 62.3 Å². The fourth-order valence-electron chi connectivity index (χ4n) is 2.00. The van der Waals surface area contributed by atoms with Crippen LogP contribution in [0.5, 0.6) is 5.75 Å². The van der Waals surface area contributed by atoms with Gasteiger partial charge >= 0.3 is 0 Å². The van der Waals surface area contributed by atoms with Crippen LogP contribution in [0, 0.1) is 5.82 Å². The molecule has 0 saturated carbocycles. The van der Waals surface area contributed by atoms with Gasteiger partial charge in [-0.2, -0.15) is 0 Å². The molecule has 2 aromatic rings. The largest absolute Gasteiger partial charge is 0.496 e. The maximum absolute atomic E-state index is 13.1. The Morgan fingerprint density at radius 2 is 1.95 bits per heavy atom. The summed E-state index contributed by atoms with van der Waals surface area (Å²) in [6, 6.07) is 9.88. The van der Waals surface area contributed by atoms with Gasteiger partial charge in [0.05, 0.1) is 13.2 Å². The number of hydrogen-bond donors (Lipinski definition) is 1. The Kier molecular flexibility index (Phi) is 5.18. The molecule has 1 atom stereocenters. The predicted molar refractivity (Wildman–Crippen MR) is 83.5 cm³/mol. The van der Waals surface area contributed by atoms with Gasteiger partial charge < -0.3 is 9.84 Å². The Bertz CT molecular complexity index is 617. The van der Waals surface area contributed by atoms with Gasteiger partial charge in [0.15, 0.2) is 0 Å². The number of ether oxygens (including phenoxy) is 1. The SMILES string of the molecule is COc1ccc(Br)cc1CC(O)c1ccc(F)cc1Br. The van der Waals surface area contributed by atoms with Crippen LogP contribution in [-0.4, -0.2) is 12.2 Å². The molecule has 0 aliphatic rings. The van der Waals surface area contributed by atoms with E-state index in [0.29, 0.717) is 22.2 Å². The second-order valence-electron chi connectivity index (χ2n) is 4.34. The Hall–Kier alpha value is -0.910. The molecule has 0 fully saturated rings. The molecular formula is C15H13Br2FO2. The summed E-state index contributed by atoms with van der Waals surface area (Å²) < 4.78 is 19.8. The van der Waals surface area contributed by atoms with E-state index in [0.717, 1.165) is 10.0 Å². The van der Waals surface area contributed by atoms with Crippen LogP contribution in [0.3, 0.4) is 0 Å². The highest BCUT2D eigenvalue weighted by atomic mass is 79.9. The summed E-state index contributed by atoms with van der Waals surface area (Å²) in [5, 5.41) is 10.3. The van der Waals surface area contributed by atoms with E-state index in [4.69, 9.17) is 4.74 Å². The summed E-state index contributed by atoms with van der Waals surface area (Å²) in [6.07, 6.45) is -0.361. The van der Waals surface area contributed by atoms with Gasteiger partial charge in [0.1, 0.15) is 11.6 Å². The number of hydrogen-bond acceptors (Lipinski definition) is 2. The number of halogens is 3. The van der Waals surface area contributed by atoms with Crippen LogP contribution in [0.4, 0.5) is 4.39 Å². The van der Waals surface area contributed by atoms with Crippen molar-refractivity contribution >= 4 is 31.9 Å². The molecule has 20 heavy (non-hydrogen) atoms. The topological polar surface area (TPSA) is 29.5 Å². The first kappa shape index (κ1) is 15.5. The monoisotopic (exact) mass is 402 g/mol. The van der Waals surface area contributed by atoms with Crippen molar-refractivity contribution < 1.29 is 14.2 Å². The third-order valence-electron chi connectivity index (χ3n) is 2.98. The first-order valence-corrected chi connectivity index (χ1v) is 7.55. The van der Waals surface area contributed by atoms with Crippen molar-refractivity contribution in [2.45, 2.75) is 12.5 Å². The number of aliphatic hydroxyl groups is 1. The zero-order valence-electron chi connectivity index (χ0n) is 10.7. The molecule has 1 unspecified atom stereocenters. The Morgan fingerprint density at radius 3 is 2.60 bits per heavy atom. The zero-order chi connectivity index (χ0) is 14.7. The van der Waals surface area contributed by atoms with E-state index in [1.807, 2.05) is 18.2 Å². The average Bonchev–Trinajstić information content (AvgIpc) is 2.38. The van der Waals surface area contributed by atoms with Gasteiger partial charge in [-0.3, -0.25) is 0 Å². The quantitative estimate of drug-likeness (QED) is 0.805. The summed E-state index contributed by atoms with van der Waals surface area (Å²) >= 11 is 6.67. The molecule has 1 N–H and O–H groups in total. The maximum Gasteiger partial charge on any atom is 0.124 e. The molecule has 0 heterocycles. The van der Waals surface area contributed by atoms with E-state index < -0.39 is 6.10 Å². The van der Waals surface area contributed by atoms with Crippen molar-refractivity contribution in [1.82, 2.24) is 0 Å². The van der Waals surface area contributed by atoms with Crippen molar-refractivity contribution in [2.75, 3.05) is 7.11 Å². The summed E-state index contributed by atoms with van der Waals surface area (Å²) in [4.78, 5) is 0. The average molecular weight is 404 g/mol. The van der Waals surface area contributed by atoms with Crippen LogP contribution in [0.15, 0.2) is 45.3 Å².